The van der Waals surface area contributed by atoms with Crippen molar-refractivity contribution in [3.8, 4) is 11.5 Å². The summed E-state index contributed by atoms with van der Waals surface area (Å²) in [5.74, 6) is 1.09. The Labute approximate surface area is 147 Å². The summed E-state index contributed by atoms with van der Waals surface area (Å²) in [6, 6.07) is 7.81. The van der Waals surface area contributed by atoms with Gasteiger partial charge in [-0.05, 0) is 31.9 Å². The Balaban J connectivity index is 1.46. The average Bonchev–Trinajstić information content (AvgIpc) is 3.30. The highest BCUT2D eigenvalue weighted by atomic mass is 16.5. The number of aromatic nitrogens is 2. The number of benzene rings is 1. The van der Waals surface area contributed by atoms with E-state index in [0.717, 1.165) is 25.0 Å². The fraction of sp³-hybridized carbons (Fsp3) is 0.500. The van der Waals surface area contributed by atoms with Gasteiger partial charge >= 0.3 is 6.03 Å². The predicted octanol–water partition coefficient (Wildman–Crippen LogP) is 2.41. The van der Waals surface area contributed by atoms with Gasteiger partial charge in [-0.2, -0.15) is 4.98 Å². The third-order valence-corrected chi connectivity index (χ3v) is 4.29. The van der Waals surface area contributed by atoms with E-state index in [0.29, 0.717) is 31.2 Å². The molecule has 3 rings (SSSR count). The van der Waals surface area contributed by atoms with Crippen LogP contribution < -0.4 is 5.32 Å². The molecular formula is C18H24N4O3. The summed E-state index contributed by atoms with van der Waals surface area (Å²) in [5.41, 5.74) is 2.08. The van der Waals surface area contributed by atoms with Crippen LogP contribution in [0.3, 0.4) is 0 Å². The number of urea groups is 1. The molecule has 1 aliphatic rings. The third-order valence-electron chi connectivity index (χ3n) is 4.29. The van der Waals surface area contributed by atoms with E-state index >= 15 is 0 Å². The fourth-order valence-electron chi connectivity index (χ4n) is 2.68. The molecule has 7 heteroatoms. The van der Waals surface area contributed by atoms with Crippen molar-refractivity contribution in [2.75, 3.05) is 26.7 Å². The maximum atomic E-state index is 12.1. The number of amides is 2. The highest BCUT2D eigenvalue weighted by Crippen LogP contribution is 2.17. The Hall–Kier alpha value is -2.41. The topological polar surface area (TPSA) is 80.5 Å². The Morgan fingerprint density at radius 2 is 2.16 bits per heavy atom. The van der Waals surface area contributed by atoms with E-state index in [2.05, 4.69) is 15.5 Å². The molecule has 1 saturated heterocycles. The summed E-state index contributed by atoms with van der Waals surface area (Å²) in [5, 5.41) is 6.89. The average molecular weight is 344 g/mol. The minimum absolute atomic E-state index is 0.113. The molecule has 25 heavy (non-hydrogen) atoms. The van der Waals surface area contributed by atoms with E-state index in [9.17, 15) is 4.79 Å². The number of rotatable bonds is 6. The van der Waals surface area contributed by atoms with Gasteiger partial charge in [0.15, 0.2) is 5.82 Å². The molecule has 2 aromatic rings. The van der Waals surface area contributed by atoms with E-state index in [-0.39, 0.29) is 12.1 Å². The van der Waals surface area contributed by atoms with Crippen molar-refractivity contribution in [3.63, 3.8) is 0 Å². The van der Waals surface area contributed by atoms with Crippen molar-refractivity contribution in [1.29, 1.82) is 0 Å². The Bertz CT molecular complexity index is 693. The van der Waals surface area contributed by atoms with E-state index in [4.69, 9.17) is 9.26 Å². The normalized spacial score (nSPS) is 16.8. The van der Waals surface area contributed by atoms with Crippen molar-refractivity contribution in [1.82, 2.24) is 20.4 Å². The number of carbonyl (C=O) groups is 1. The molecule has 0 saturated carbocycles. The summed E-state index contributed by atoms with van der Waals surface area (Å²) in [4.78, 5) is 18.1. The van der Waals surface area contributed by atoms with Crippen molar-refractivity contribution in [2.45, 2.75) is 32.3 Å². The smallest absolute Gasteiger partial charge is 0.317 e. The first-order chi connectivity index (χ1) is 12.1. The summed E-state index contributed by atoms with van der Waals surface area (Å²) >= 11 is 0. The van der Waals surface area contributed by atoms with E-state index in [1.165, 1.54) is 5.56 Å². The molecule has 7 nitrogen and oxygen atoms in total. The van der Waals surface area contributed by atoms with Crippen molar-refractivity contribution in [3.05, 3.63) is 35.7 Å². The van der Waals surface area contributed by atoms with Crippen LogP contribution in [0, 0.1) is 6.92 Å². The summed E-state index contributed by atoms with van der Waals surface area (Å²) in [6.07, 6.45) is 2.76. The third kappa shape index (κ3) is 4.79. The summed E-state index contributed by atoms with van der Waals surface area (Å²) < 4.78 is 10.8. The minimum Gasteiger partial charge on any atom is -0.376 e. The number of likely N-dealkylation sites (N-methyl/N-ethyl adjacent to an activating group) is 1. The molecule has 1 aromatic heterocycles. The van der Waals surface area contributed by atoms with Crippen LogP contribution in [0.25, 0.3) is 11.5 Å². The summed E-state index contributed by atoms with van der Waals surface area (Å²) in [6.45, 7) is 3.90. The lowest BCUT2D eigenvalue weighted by atomic mass is 10.1. The van der Waals surface area contributed by atoms with Crippen LogP contribution in [0.15, 0.2) is 28.8 Å². The largest absolute Gasteiger partial charge is 0.376 e. The lowest BCUT2D eigenvalue weighted by molar-refractivity contribution is 0.109. The van der Waals surface area contributed by atoms with Gasteiger partial charge in [0.1, 0.15) is 0 Å². The molecule has 0 aliphatic carbocycles. The van der Waals surface area contributed by atoms with Gasteiger partial charge in [-0.25, -0.2) is 4.79 Å². The SMILES string of the molecule is Cc1ccc(-c2nc(CCN(C)C(=O)NC[C@@H]3CCCO3)no2)cc1. The van der Waals surface area contributed by atoms with Gasteiger partial charge in [0.25, 0.3) is 5.89 Å². The predicted molar refractivity (Wildman–Crippen MR) is 93.2 cm³/mol. The molecule has 1 aliphatic heterocycles. The minimum atomic E-state index is -0.113. The van der Waals surface area contributed by atoms with Gasteiger partial charge in [-0.15, -0.1) is 0 Å². The van der Waals surface area contributed by atoms with Crippen LogP contribution in [0.4, 0.5) is 4.79 Å². The van der Waals surface area contributed by atoms with Gasteiger partial charge < -0.3 is 19.5 Å². The monoisotopic (exact) mass is 344 g/mol. The number of ether oxygens (including phenoxy) is 1. The molecule has 1 N–H and O–H groups in total. The standard InChI is InChI=1S/C18H24N4O3/c1-13-5-7-14(8-6-13)17-20-16(21-25-17)9-10-22(2)18(23)19-12-15-4-3-11-24-15/h5-8,15H,3-4,9-12H2,1-2H3,(H,19,23)/t15-/m0/s1. The Morgan fingerprint density at radius 3 is 2.88 bits per heavy atom. The van der Waals surface area contributed by atoms with Crippen molar-refractivity contribution < 1.29 is 14.1 Å². The highest BCUT2D eigenvalue weighted by molar-refractivity contribution is 5.73. The van der Waals surface area contributed by atoms with Crippen LogP contribution in [0.2, 0.25) is 0 Å². The van der Waals surface area contributed by atoms with Crippen LogP contribution in [0.5, 0.6) is 0 Å². The van der Waals surface area contributed by atoms with Gasteiger partial charge in [-0.1, -0.05) is 22.9 Å². The molecule has 1 aromatic carbocycles. The number of nitrogens with one attached hydrogen (secondary N) is 1. The summed E-state index contributed by atoms with van der Waals surface area (Å²) in [7, 11) is 1.76. The first kappa shape index (κ1) is 17.4. The molecule has 0 unspecified atom stereocenters. The Kier molecular flexibility index (Phi) is 5.65. The lowest BCUT2D eigenvalue weighted by Gasteiger charge is -2.18. The molecule has 2 heterocycles. The number of carbonyl (C=O) groups excluding carboxylic acids is 1. The van der Waals surface area contributed by atoms with Crippen LogP contribution in [-0.2, 0) is 11.2 Å². The molecule has 134 valence electrons. The molecule has 0 spiro atoms. The molecular weight excluding hydrogens is 320 g/mol. The highest BCUT2D eigenvalue weighted by Gasteiger charge is 2.18. The van der Waals surface area contributed by atoms with Gasteiger partial charge in [0.2, 0.25) is 0 Å². The molecule has 1 atom stereocenters. The number of nitrogens with zero attached hydrogens (tertiary/aromatic N) is 3. The van der Waals surface area contributed by atoms with Gasteiger partial charge in [0, 0.05) is 38.7 Å². The van der Waals surface area contributed by atoms with E-state index in [1.807, 2.05) is 31.2 Å². The lowest BCUT2D eigenvalue weighted by Crippen LogP contribution is -2.41. The second kappa shape index (κ2) is 8.11. The first-order valence-corrected chi connectivity index (χ1v) is 8.62. The molecule has 0 radical (unpaired) electrons. The van der Waals surface area contributed by atoms with E-state index in [1.54, 1.807) is 11.9 Å². The van der Waals surface area contributed by atoms with Crippen LogP contribution >= 0.6 is 0 Å². The number of aryl methyl sites for hydroxylation is 1. The second-order valence-electron chi connectivity index (χ2n) is 6.37. The fourth-order valence-corrected chi connectivity index (χ4v) is 2.68. The van der Waals surface area contributed by atoms with Crippen LogP contribution in [-0.4, -0.2) is 53.9 Å². The second-order valence-corrected chi connectivity index (χ2v) is 6.37. The quantitative estimate of drug-likeness (QED) is 0.870. The van der Waals surface area contributed by atoms with Gasteiger partial charge in [-0.3, -0.25) is 0 Å². The number of hydrogen-bond acceptors (Lipinski definition) is 5. The maximum Gasteiger partial charge on any atom is 0.317 e. The first-order valence-electron chi connectivity index (χ1n) is 8.62. The molecule has 0 bridgehead atoms. The molecule has 1 fully saturated rings. The number of hydrogen-bond donors (Lipinski definition) is 1. The Morgan fingerprint density at radius 1 is 1.36 bits per heavy atom. The molecule has 2 amide bonds. The maximum absolute atomic E-state index is 12.1. The van der Waals surface area contributed by atoms with Crippen LogP contribution in [0.1, 0.15) is 24.2 Å². The van der Waals surface area contributed by atoms with Crippen molar-refractivity contribution in [2.24, 2.45) is 0 Å². The zero-order chi connectivity index (χ0) is 17.6. The zero-order valence-corrected chi connectivity index (χ0v) is 14.7. The zero-order valence-electron chi connectivity index (χ0n) is 14.7. The van der Waals surface area contributed by atoms with Gasteiger partial charge in [0.05, 0.1) is 6.10 Å². The van der Waals surface area contributed by atoms with E-state index < -0.39 is 0 Å². The van der Waals surface area contributed by atoms with Crippen molar-refractivity contribution >= 4 is 6.03 Å².